The standard InChI is InChI=1S/C21H23N7O2/c22-14-15(20-26-17-4-1-2-5-18(17)30-20)16-7-9-25-21(27-16)24-8-3-6-19(29)28-12-10-23-11-13-28/h1-2,4-5,7,9,15,23H,3,6,8,10-13H2,(H,24,25,27). The maximum absolute atomic E-state index is 12.2. The first-order chi connectivity index (χ1) is 14.7. The van der Waals surface area contributed by atoms with Gasteiger partial charge in [0.05, 0.1) is 11.8 Å². The zero-order valence-electron chi connectivity index (χ0n) is 16.5. The molecule has 1 amide bonds. The molecule has 154 valence electrons. The predicted octanol–water partition coefficient (Wildman–Crippen LogP) is 1.90. The lowest BCUT2D eigenvalue weighted by Crippen LogP contribution is -2.46. The molecule has 30 heavy (non-hydrogen) atoms. The van der Waals surface area contributed by atoms with Crippen molar-refractivity contribution in [1.29, 1.82) is 5.26 Å². The number of para-hydroxylation sites is 2. The molecule has 0 spiro atoms. The number of rotatable bonds is 7. The van der Waals surface area contributed by atoms with Gasteiger partial charge in [-0.2, -0.15) is 5.26 Å². The minimum absolute atomic E-state index is 0.175. The SMILES string of the molecule is N#CC(c1ccnc(NCCCC(=O)N2CCNCC2)n1)c1nc2ccccc2o1. The Kier molecular flexibility index (Phi) is 6.15. The van der Waals surface area contributed by atoms with Crippen LogP contribution in [0.3, 0.4) is 0 Å². The molecule has 1 aromatic carbocycles. The Bertz CT molecular complexity index is 1020. The third kappa shape index (κ3) is 4.55. The number of nitrogens with zero attached hydrogens (tertiary/aromatic N) is 5. The van der Waals surface area contributed by atoms with E-state index in [0.29, 0.717) is 48.0 Å². The summed E-state index contributed by atoms with van der Waals surface area (Å²) in [4.78, 5) is 27.2. The van der Waals surface area contributed by atoms with E-state index in [9.17, 15) is 10.1 Å². The van der Waals surface area contributed by atoms with Crippen molar-refractivity contribution in [2.45, 2.75) is 18.8 Å². The van der Waals surface area contributed by atoms with Gasteiger partial charge in [0.15, 0.2) is 11.5 Å². The highest BCUT2D eigenvalue weighted by Crippen LogP contribution is 2.26. The highest BCUT2D eigenvalue weighted by atomic mass is 16.3. The first-order valence-corrected chi connectivity index (χ1v) is 10.0. The number of anilines is 1. The lowest BCUT2D eigenvalue weighted by Gasteiger charge is -2.27. The number of carbonyl (C=O) groups excluding carboxylic acids is 1. The number of benzene rings is 1. The number of nitrogens with one attached hydrogen (secondary N) is 2. The number of hydrogen-bond acceptors (Lipinski definition) is 8. The smallest absolute Gasteiger partial charge is 0.222 e. The molecule has 1 atom stereocenters. The van der Waals surface area contributed by atoms with Crippen LogP contribution in [0.25, 0.3) is 11.1 Å². The van der Waals surface area contributed by atoms with Gasteiger partial charge >= 0.3 is 0 Å². The molecule has 0 saturated carbocycles. The molecule has 0 radical (unpaired) electrons. The van der Waals surface area contributed by atoms with Crippen LogP contribution < -0.4 is 10.6 Å². The molecule has 1 saturated heterocycles. The minimum atomic E-state index is -0.727. The Labute approximate surface area is 174 Å². The van der Waals surface area contributed by atoms with Gasteiger partial charge in [-0.05, 0) is 24.6 Å². The number of aromatic nitrogens is 3. The Morgan fingerprint density at radius 2 is 2.10 bits per heavy atom. The average Bonchev–Trinajstić information content (AvgIpc) is 3.22. The molecule has 2 N–H and O–H groups in total. The zero-order chi connectivity index (χ0) is 20.8. The number of carbonyl (C=O) groups is 1. The Hall–Kier alpha value is -3.51. The van der Waals surface area contributed by atoms with E-state index >= 15 is 0 Å². The van der Waals surface area contributed by atoms with Gasteiger partial charge in [0, 0.05) is 45.3 Å². The molecule has 1 fully saturated rings. The van der Waals surface area contributed by atoms with E-state index < -0.39 is 5.92 Å². The van der Waals surface area contributed by atoms with Gasteiger partial charge in [0.25, 0.3) is 0 Å². The van der Waals surface area contributed by atoms with Gasteiger partial charge in [0.1, 0.15) is 5.52 Å². The highest BCUT2D eigenvalue weighted by Gasteiger charge is 2.22. The number of oxazole rings is 1. The highest BCUT2D eigenvalue weighted by molar-refractivity contribution is 5.76. The molecule has 0 bridgehead atoms. The minimum Gasteiger partial charge on any atom is -0.439 e. The molecule has 1 aliphatic heterocycles. The topological polar surface area (TPSA) is 120 Å². The van der Waals surface area contributed by atoms with Gasteiger partial charge in [0.2, 0.25) is 17.7 Å². The first kappa shape index (κ1) is 19.8. The van der Waals surface area contributed by atoms with E-state index in [2.05, 4.69) is 31.7 Å². The molecule has 3 aromatic rings. The van der Waals surface area contributed by atoms with E-state index in [1.807, 2.05) is 29.2 Å². The van der Waals surface area contributed by atoms with Gasteiger partial charge in [-0.3, -0.25) is 4.79 Å². The number of piperazine rings is 1. The van der Waals surface area contributed by atoms with Crippen LogP contribution in [-0.4, -0.2) is 58.5 Å². The number of nitriles is 1. The lowest BCUT2D eigenvalue weighted by atomic mass is 10.1. The third-order valence-electron chi connectivity index (χ3n) is 4.98. The van der Waals surface area contributed by atoms with E-state index in [1.54, 1.807) is 12.3 Å². The summed E-state index contributed by atoms with van der Waals surface area (Å²) in [6, 6.07) is 11.3. The van der Waals surface area contributed by atoms with E-state index in [-0.39, 0.29) is 5.91 Å². The second-order valence-electron chi connectivity index (χ2n) is 7.05. The van der Waals surface area contributed by atoms with Crippen molar-refractivity contribution in [2.75, 3.05) is 38.0 Å². The van der Waals surface area contributed by atoms with Gasteiger partial charge in [-0.25, -0.2) is 15.0 Å². The molecule has 0 aliphatic carbocycles. The molecule has 2 aromatic heterocycles. The molecular weight excluding hydrogens is 382 g/mol. The number of amides is 1. The average molecular weight is 405 g/mol. The van der Waals surface area contributed by atoms with Crippen LogP contribution in [-0.2, 0) is 4.79 Å². The Morgan fingerprint density at radius 3 is 2.90 bits per heavy atom. The van der Waals surface area contributed by atoms with Crippen LogP contribution in [0.15, 0.2) is 40.9 Å². The fraction of sp³-hybridized carbons (Fsp3) is 0.381. The Morgan fingerprint density at radius 1 is 1.27 bits per heavy atom. The van der Waals surface area contributed by atoms with Crippen molar-refractivity contribution >= 4 is 23.0 Å². The van der Waals surface area contributed by atoms with Crippen LogP contribution in [0.2, 0.25) is 0 Å². The first-order valence-electron chi connectivity index (χ1n) is 10.0. The van der Waals surface area contributed by atoms with Crippen molar-refractivity contribution in [3.8, 4) is 6.07 Å². The molecule has 9 heteroatoms. The van der Waals surface area contributed by atoms with Crippen LogP contribution in [0.4, 0.5) is 5.95 Å². The summed E-state index contributed by atoms with van der Waals surface area (Å²) in [6.45, 7) is 3.81. The molecule has 1 unspecified atom stereocenters. The van der Waals surface area contributed by atoms with Crippen LogP contribution in [0.1, 0.15) is 30.3 Å². The monoisotopic (exact) mass is 405 g/mol. The van der Waals surface area contributed by atoms with Gasteiger partial charge in [-0.1, -0.05) is 12.1 Å². The number of hydrogen-bond donors (Lipinski definition) is 2. The maximum atomic E-state index is 12.2. The predicted molar refractivity (Wildman–Crippen MR) is 111 cm³/mol. The van der Waals surface area contributed by atoms with E-state index in [0.717, 1.165) is 26.2 Å². The van der Waals surface area contributed by atoms with Crippen LogP contribution in [0, 0.1) is 11.3 Å². The maximum Gasteiger partial charge on any atom is 0.222 e. The Balaban J connectivity index is 1.36. The van der Waals surface area contributed by atoms with Crippen molar-refractivity contribution in [3.63, 3.8) is 0 Å². The van der Waals surface area contributed by atoms with Crippen molar-refractivity contribution in [3.05, 3.63) is 48.1 Å². The van der Waals surface area contributed by atoms with Gasteiger partial charge in [-0.15, -0.1) is 0 Å². The summed E-state index contributed by atoms with van der Waals surface area (Å²) in [5.74, 6) is 0.173. The van der Waals surface area contributed by atoms with Gasteiger partial charge < -0.3 is 20.0 Å². The fourth-order valence-electron chi connectivity index (χ4n) is 3.39. The molecule has 3 heterocycles. The molecule has 9 nitrogen and oxygen atoms in total. The van der Waals surface area contributed by atoms with E-state index in [4.69, 9.17) is 4.42 Å². The summed E-state index contributed by atoms with van der Waals surface area (Å²) in [5, 5.41) is 16.0. The van der Waals surface area contributed by atoms with Crippen molar-refractivity contribution in [1.82, 2.24) is 25.2 Å². The quantitative estimate of drug-likeness (QED) is 0.572. The third-order valence-corrected chi connectivity index (χ3v) is 4.98. The number of fused-ring (bicyclic) bond motifs is 1. The van der Waals surface area contributed by atoms with Crippen molar-refractivity contribution < 1.29 is 9.21 Å². The second kappa shape index (κ2) is 9.33. The largest absolute Gasteiger partial charge is 0.439 e. The second-order valence-corrected chi connectivity index (χ2v) is 7.05. The summed E-state index contributed by atoms with van der Waals surface area (Å²) in [6.07, 6.45) is 2.77. The van der Waals surface area contributed by atoms with Crippen LogP contribution >= 0.6 is 0 Å². The zero-order valence-corrected chi connectivity index (χ0v) is 16.5. The lowest BCUT2D eigenvalue weighted by molar-refractivity contribution is -0.131. The summed E-state index contributed by atoms with van der Waals surface area (Å²) < 4.78 is 5.74. The summed E-state index contributed by atoms with van der Waals surface area (Å²) in [7, 11) is 0. The van der Waals surface area contributed by atoms with Crippen LogP contribution in [0.5, 0.6) is 0 Å². The molecular formula is C21H23N7O2. The van der Waals surface area contributed by atoms with Crippen molar-refractivity contribution in [2.24, 2.45) is 0 Å². The van der Waals surface area contributed by atoms with E-state index in [1.165, 1.54) is 0 Å². The fourth-order valence-corrected chi connectivity index (χ4v) is 3.39. The molecule has 4 rings (SSSR count). The molecule has 1 aliphatic rings. The summed E-state index contributed by atoms with van der Waals surface area (Å²) >= 11 is 0. The normalized spacial score (nSPS) is 15.0. The summed E-state index contributed by atoms with van der Waals surface area (Å²) in [5.41, 5.74) is 1.85.